The summed E-state index contributed by atoms with van der Waals surface area (Å²) < 4.78 is 0. The number of benzene rings is 1. The van der Waals surface area contributed by atoms with Gasteiger partial charge in [-0.25, -0.2) is 0 Å². The average molecular weight is 277 g/mol. The van der Waals surface area contributed by atoms with Gasteiger partial charge in [-0.15, -0.1) is 0 Å². The Morgan fingerprint density at radius 1 is 0.950 bits per heavy atom. The van der Waals surface area contributed by atoms with E-state index in [-0.39, 0.29) is 0 Å². The van der Waals surface area contributed by atoms with Crippen molar-refractivity contribution in [2.24, 2.45) is 0 Å². The number of hydrogen-bond donors (Lipinski definition) is 1. The van der Waals surface area contributed by atoms with Gasteiger partial charge in [0.2, 0.25) is 0 Å². The van der Waals surface area contributed by atoms with Crippen molar-refractivity contribution < 1.29 is 0 Å². The van der Waals surface area contributed by atoms with Crippen LogP contribution in [0.4, 0.5) is 0 Å². The predicted octanol–water partition coefficient (Wildman–Crippen LogP) is 2.44. The van der Waals surface area contributed by atoms with Crippen molar-refractivity contribution in [3.8, 4) is 0 Å². The van der Waals surface area contributed by atoms with Crippen LogP contribution in [-0.4, -0.2) is 56.1 Å². The van der Waals surface area contributed by atoms with Gasteiger partial charge in [-0.05, 0) is 45.2 Å². The van der Waals surface area contributed by atoms with Crippen LogP contribution in [0.5, 0.6) is 0 Å². The van der Waals surface area contributed by atoms with E-state index in [4.69, 9.17) is 0 Å². The maximum atomic E-state index is 3.54. The van der Waals surface area contributed by atoms with Crippen LogP contribution < -0.4 is 5.32 Å². The Balaban J connectivity index is 2.01. The molecule has 0 saturated carbocycles. The van der Waals surface area contributed by atoms with E-state index in [2.05, 4.69) is 66.3 Å². The zero-order valence-electron chi connectivity index (χ0n) is 13.4. The lowest BCUT2D eigenvalue weighted by atomic mass is 10.2. The standard InChI is InChI=1S/C17H31N3/c1-4-20(5-2)15-13-18-12-9-14-19(3)16-17-10-7-6-8-11-17/h6-8,10-11,18H,4-5,9,12-16H2,1-3H3. The highest BCUT2D eigenvalue weighted by molar-refractivity contribution is 5.14. The van der Waals surface area contributed by atoms with Crippen molar-refractivity contribution in [1.82, 2.24) is 15.1 Å². The molecule has 0 aromatic heterocycles. The first-order valence-corrected chi connectivity index (χ1v) is 7.91. The molecule has 1 aromatic rings. The fourth-order valence-corrected chi connectivity index (χ4v) is 2.35. The van der Waals surface area contributed by atoms with Gasteiger partial charge in [0.15, 0.2) is 0 Å². The summed E-state index contributed by atoms with van der Waals surface area (Å²) >= 11 is 0. The number of hydrogen-bond acceptors (Lipinski definition) is 3. The third-order valence-corrected chi connectivity index (χ3v) is 3.69. The summed E-state index contributed by atoms with van der Waals surface area (Å²) in [5.74, 6) is 0. The lowest BCUT2D eigenvalue weighted by molar-refractivity contribution is 0.295. The summed E-state index contributed by atoms with van der Waals surface area (Å²) in [6, 6.07) is 10.7. The maximum absolute atomic E-state index is 3.54. The fraction of sp³-hybridized carbons (Fsp3) is 0.647. The first kappa shape index (κ1) is 17.2. The van der Waals surface area contributed by atoms with E-state index in [1.54, 1.807) is 0 Å². The highest BCUT2D eigenvalue weighted by Gasteiger charge is 2.00. The van der Waals surface area contributed by atoms with Crippen LogP contribution in [0.25, 0.3) is 0 Å². The van der Waals surface area contributed by atoms with E-state index in [0.29, 0.717) is 0 Å². The lowest BCUT2D eigenvalue weighted by Gasteiger charge is -2.19. The molecule has 1 aromatic carbocycles. The van der Waals surface area contributed by atoms with E-state index in [0.717, 1.165) is 45.8 Å². The van der Waals surface area contributed by atoms with Crippen LogP contribution >= 0.6 is 0 Å². The summed E-state index contributed by atoms with van der Waals surface area (Å²) in [5.41, 5.74) is 1.39. The third-order valence-electron chi connectivity index (χ3n) is 3.69. The second-order valence-corrected chi connectivity index (χ2v) is 5.35. The van der Waals surface area contributed by atoms with Crippen LogP contribution in [0.1, 0.15) is 25.8 Å². The van der Waals surface area contributed by atoms with Crippen molar-refractivity contribution >= 4 is 0 Å². The molecule has 0 unspecified atom stereocenters. The minimum Gasteiger partial charge on any atom is -0.315 e. The van der Waals surface area contributed by atoms with Gasteiger partial charge >= 0.3 is 0 Å². The van der Waals surface area contributed by atoms with Crippen LogP contribution in [-0.2, 0) is 6.54 Å². The van der Waals surface area contributed by atoms with E-state index in [9.17, 15) is 0 Å². The van der Waals surface area contributed by atoms with E-state index in [1.165, 1.54) is 12.0 Å². The topological polar surface area (TPSA) is 18.5 Å². The molecule has 0 aliphatic heterocycles. The Morgan fingerprint density at radius 3 is 2.30 bits per heavy atom. The van der Waals surface area contributed by atoms with Gasteiger partial charge < -0.3 is 15.1 Å². The molecule has 0 saturated heterocycles. The molecule has 114 valence electrons. The van der Waals surface area contributed by atoms with Gasteiger partial charge in [0.25, 0.3) is 0 Å². The molecule has 0 radical (unpaired) electrons. The van der Waals surface area contributed by atoms with E-state index < -0.39 is 0 Å². The van der Waals surface area contributed by atoms with Crippen molar-refractivity contribution in [2.45, 2.75) is 26.8 Å². The van der Waals surface area contributed by atoms with E-state index in [1.807, 2.05) is 0 Å². The second-order valence-electron chi connectivity index (χ2n) is 5.35. The Kier molecular flexibility index (Phi) is 9.29. The van der Waals surface area contributed by atoms with Crippen molar-refractivity contribution in [3.05, 3.63) is 35.9 Å². The Labute approximate surface area is 125 Å². The van der Waals surface area contributed by atoms with Crippen LogP contribution in [0.15, 0.2) is 30.3 Å². The second kappa shape index (κ2) is 10.8. The maximum Gasteiger partial charge on any atom is 0.0230 e. The van der Waals surface area contributed by atoms with Crippen molar-refractivity contribution in [3.63, 3.8) is 0 Å². The quantitative estimate of drug-likeness (QED) is 0.627. The summed E-state index contributed by atoms with van der Waals surface area (Å²) in [5, 5.41) is 3.54. The summed E-state index contributed by atoms with van der Waals surface area (Å²) in [4.78, 5) is 4.84. The number of nitrogens with one attached hydrogen (secondary N) is 1. The Hall–Kier alpha value is -0.900. The fourth-order valence-electron chi connectivity index (χ4n) is 2.35. The summed E-state index contributed by atoms with van der Waals surface area (Å²) in [6.45, 7) is 12.3. The van der Waals surface area contributed by atoms with Gasteiger partial charge in [-0.1, -0.05) is 44.2 Å². The molecule has 0 aliphatic rings. The van der Waals surface area contributed by atoms with Gasteiger partial charge in [0.1, 0.15) is 0 Å². The predicted molar refractivity (Wildman–Crippen MR) is 88.1 cm³/mol. The highest BCUT2D eigenvalue weighted by Crippen LogP contribution is 2.02. The number of nitrogens with zero attached hydrogens (tertiary/aromatic N) is 2. The molecule has 20 heavy (non-hydrogen) atoms. The van der Waals surface area contributed by atoms with Crippen LogP contribution in [0.3, 0.4) is 0 Å². The molecule has 0 aliphatic carbocycles. The average Bonchev–Trinajstić information content (AvgIpc) is 2.47. The molecular formula is C17H31N3. The summed E-state index contributed by atoms with van der Waals surface area (Å²) in [7, 11) is 2.20. The number of rotatable bonds is 11. The van der Waals surface area contributed by atoms with Gasteiger partial charge in [0.05, 0.1) is 0 Å². The minimum atomic E-state index is 1.04. The zero-order chi connectivity index (χ0) is 14.6. The van der Waals surface area contributed by atoms with Gasteiger partial charge in [0, 0.05) is 19.6 Å². The molecular weight excluding hydrogens is 246 g/mol. The monoisotopic (exact) mass is 277 g/mol. The van der Waals surface area contributed by atoms with Crippen LogP contribution in [0.2, 0.25) is 0 Å². The molecule has 0 fully saturated rings. The smallest absolute Gasteiger partial charge is 0.0230 e. The molecule has 0 amide bonds. The lowest BCUT2D eigenvalue weighted by Crippen LogP contribution is -2.33. The Bertz CT molecular complexity index is 322. The summed E-state index contributed by atoms with van der Waals surface area (Å²) in [6.07, 6.45) is 1.21. The zero-order valence-corrected chi connectivity index (χ0v) is 13.4. The van der Waals surface area contributed by atoms with Crippen molar-refractivity contribution in [1.29, 1.82) is 0 Å². The molecule has 3 heteroatoms. The molecule has 0 spiro atoms. The third kappa shape index (κ3) is 7.63. The normalized spacial score (nSPS) is 11.4. The van der Waals surface area contributed by atoms with Crippen molar-refractivity contribution in [2.75, 3.05) is 46.3 Å². The van der Waals surface area contributed by atoms with Crippen LogP contribution in [0, 0.1) is 0 Å². The molecule has 1 N–H and O–H groups in total. The molecule has 0 heterocycles. The molecule has 1 rings (SSSR count). The first-order valence-electron chi connectivity index (χ1n) is 7.91. The first-order chi connectivity index (χ1) is 9.76. The SMILES string of the molecule is CCN(CC)CCNCCCN(C)Cc1ccccc1. The minimum absolute atomic E-state index is 1.04. The molecule has 3 nitrogen and oxygen atoms in total. The molecule has 0 atom stereocenters. The highest BCUT2D eigenvalue weighted by atomic mass is 15.1. The largest absolute Gasteiger partial charge is 0.315 e. The Morgan fingerprint density at radius 2 is 1.65 bits per heavy atom. The molecule has 0 bridgehead atoms. The number of likely N-dealkylation sites (N-methyl/N-ethyl adjacent to an activating group) is 1. The van der Waals surface area contributed by atoms with Gasteiger partial charge in [-0.3, -0.25) is 0 Å². The van der Waals surface area contributed by atoms with Gasteiger partial charge in [-0.2, -0.15) is 0 Å². The van der Waals surface area contributed by atoms with E-state index >= 15 is 0 Å².